The minimum atomic E-state index is -1.08. The van der Waals surface area contributed by atoms with Gasteiger partial charge in [-0.15, -0.1) is 0 Å². The fourth-order valence-electron chi connectivity index (χ4n) is 2.33. The van der Waals surface area contributed by atoms with Crippen molar-refractivity contribution in [3.05, 3.63) is 12.2 Å². The molecule has 1 saturated carbocycles. The molecule has 7 nitrogen and oxygen atoms in total. The summed E-state index contributed by atoms with van der Waals surface area (Å²) in [5.41, 5.74) is 0. The zero-order valence-electron chi connectivity index (χ0n) is 11.9. The first kappa shape index (κ1) is 15.3. The van der Waals surface area contributed by atoms with Gasteiger partial charge in [0.1, 0.15) is 6.04 Å². The van der Waals surface area contributed by atoms with Crippen LogP contribution in [-0.4, -0.2) is 53.7 Å². The van der Waals surface area contributed by atoms with Gasteiger partial charge in [-0.05, 0) is 18.8 Å². The number of methoxy groups -OCH3 is 1. The maximum atomic E-state index is 12.1. The number of amides is 2. The zero-order chi connectivity index (χ0) is 15.4. The summed E-state index contributed by atoms with van der Waals surface area (Å²) in [5, 5.41) is 11.7. The number of carbonyl (C=O) groups is 3. The maximum Gasteiger partial charge on any atom is 0.407 e. The molecular formula is C14H20N2O5. The van der Waals surface area contributed by atoms with Crippen molar-refractivity contribution in [1.29, 1.82) is 0 Å². The van der Waals surface area contributed by atoms with E-state index in [1.54, 1.807) is 6.08 Å². The first-order valence-corrected chi connectivity index (χ1v) is 7.07. The standard InChI is InChI=1S/C14H20N2O5/c1-21-12(17)5-4-10(8-9-2-3-9)15-13(18)11-6-7-16(11)14(19)20/h4-5,9-11H,2-3,6-8H2,1H3,(H,15,18)(H,19,20)/t10-,11+/m1/s1. The highest BCUT2D eigenvalue weighted by Gasteiger charge is 2.38. The van der Waals surface area contributed by atoms with E-state index in [0.29, 0.717) is 18.9 Å². The number of rotatable bonds is 6. The molecule has 116 valence electrons. The predicted octanol–water partition coefficient (Wildman–Crippen LogP) is 0.753. The maximum absolute atomic E-state index is 12.1. The lowest BCUT2D eigenvalue weighted by Gasteiger charge is -2.37. The van der Waals surface area contributed by atoms with Gasteiger partial charge in [-0.3, -0.25) is 9.69 Å². The molecule has 0 spiro atoms. The third-order valence-corrected chi connectivity index (χ3v) is 3.85. The average molecular weight is 296 g/mol. The Labute approximate surface area is 122 Å². The van der Waals surface area contributed by atoms with E-state index in [9.17, 15) is 14.4 Å². The Hall–Kier alpha value is -2.05. The third-order valence-electron chi connectivity index (χ3n) is 3.85. The fraction of sp³-hybridized carbons (Fsp3) is 0.643. The lowest BCUT2D eigenvalue weighted by molar-refractivity contribution is -0.135. The summed E-state index contributed by atoms with van der Waals surface area (Å²) in [6.07, 6.45) is 5.39. The summed E-state index contributed by atoms with van der Waals surface area (Å²) in [7, 11) is 1.29. The van der Waals surface area contributed by atoms with E-state index in [1.165, 1.54) is 13.2 Å². The Morgan fingerprint density at radius 3 is 2.57 bits per heavy atom. The molecule has 7 heteroatoms. The topological polar surface area (TPSA) is 95.9 Å². The highest BCUT2D eigenvalue weighted by Crippen LogP contribution is 2.33. The number of nitrogens with zero attached hydrogens (tertiary/aromatic N) is 1. The van der Waals surface area contributed by atoms with Crippen LogP contribution in [0.25, 0.3) is 0 Å². The molecule has 0 bridgehead atoms. The minimum Gasteiger partial charge on any atom is -0.466 e. The summed E-state index contributed by atoms with van der Waals surface area (Å²) in [5.74, 6) is -0.209. The van der Waals surface area contributed by atoms with Crippen molar-refractivity contribution in [2.45, 2.75) is 37.8 Å². The zero-order valence-corrected chi connectivity index (χ0v) is 11.9. The van der Waals surface area contributed by atoms with E-state index >= 15 is 0 Å². The van der Waals surface area contributed by atoms with Gasteiger partial charge in [0.05, 0.1) is 7.11 Å². The third kappa shape index (κ3) is 4.21. The summed E-state index contributed by atoms with van der Waals surface area (Å²) in [4.78, 5) is 35.3. The predicted molar refractivity (Wildman–Crippen MR) is 73.6 cm³/mol. The van der Waals surface area contributed by atoms with Gasteiger partial charge < -0.3 is 15.2 Å². The number of hydrogen-bond donors (Lipinski definition) is 2. The van der Waals surface area contributed by atoms with Crippen LogP contribution in [0.3, 0.4) is 0 Å². The van der Waals surface area contributed by atoms with E-state index in [4.69, 9.17) is 5.11 Å². The molecule has 21 heavy (non-hydrogen) atoms. The fourth-order valence-corrected chi connectivity index (χ4v) is 2.33. The number of nitrogens with one attached hydrogen (secondary N) is 1. The molecule has 0 aromatic carbocycles. The molecule has 0 aromatic heterocycles. The van der Waals surface area contributed by atoms with Crippen molar-refractivity contribution in [2.24, 2.45) is 5.92 Å². The second-order valence-corrected chi connectivity index (χ2v) is 5.46. The minimum absolute atomic E-state index is 0.264. The van der Waals surface area contributed by atoms with E-state index in [1.807, 2.05) is 0 Å². The van der Waals surface area contributed by atoms with Crippen LogP contribution in [0.5, 0.6) is 0 Å². The van der Waals surface area contributed by atoms with Crippen molar-refractivity contribution in [2.75, 3.05) is 13.7 Å². The number of ether oxygens (including phenoxy) is 1. The molecule has 1 aliphatic heterocycles. The Bertz CT molecular complexity index is 458. The Morgan fingerprint density at radius 1 is 1.38 bits per heavy atom. The number of hydrogen-bond acceptors (Lipinski definition) is 4. The number of esters is 1. The molecule has 0 unspecified atom stereocenters. The average Bonchev–Trinajstić information content (AvgIpc) is 3.17. The van der Waals surface area contributed by atoms with Crippen molar-refractivity contribution in [3.8, 4) is 0 Å². The number of carbonyl (C=O) groups excluding carboxylic acids is 2. The lowest BCUT2D eigenvalue weighted by Crippen LogP contribution is -2.59. The molecular weight excluding hydrogens is 276 g/mol. The summed E-state index contributed by atoms with van der Waals surface area (Å²) in [6, 6.07) is -0.879. The number of likely N-dealkylation sites (tertiary alicyclic amines) is 1. The largest absolute Gasteiger partial charge is 0.466 e. The molecule has 2 atom stereocenters. The van der Waals surface area contributed by atoms with Crippen molar-refractivity contribution < 1.29 is 24.2 Å². The summed E-state index contributed by atoms with van der Waals surface area (Å²) < 4.78 is 4.53. The molecule has 1 heterocycles. The smallest absolute Gasteiger partial charge is 0.407 e. The lowest BCUT2D eigenvalue weighted by atomic mass is 10.0. The van der Waals surface area contributed by atoms with Crippen LogP contribution in [0.4, 0.5) is 4.79 Å². The van der Waals surface area contributed by atoms with Gasteiger partial charge in [-0.1, -0.05) is 18.9 Å². The Morgan fingerprint density at radius 2 is 2.10 bits per heavy atom. The molecule has 2 rings (SSSR count). The van der Waals surface area contributed by atoms with Crippen LogP contribution in [0.1, 0.15) is 25.7 Å². The van der Waals surface area contributed by atoms with Gasteiger partial charge in [0, 0.05) is 18.7 Å². The van der Waals surface area contributed by atoms with Crippen molar-refractivity contribution in [1.82, 2.24) is 10.2 Å². The molecule has 2 amide bonds. The van der Waals surface area contributed by atoms with Gasteiger partial charge in [0.15, 0.2) is 0 Å². The van der Waals surface area contributed by atoms with Gasteiger partial charge in [-0.25, -0.2) is 9.59 Å². The molecule has 2 N–H and O–H groups in total. The van der Waals surface area contributed by atoms with E-state index in [2.05, 4.69) is 10.1 Å². The highest BCUT2D eigenvalue weighted by atomic mass is 16.5. The van der Waals surface area contributed by atoms with Crippen molar-refractivity contribution in [3.63, 3.8) is 0 Å². The van der Waals surface area contributed by atoms with Crippen LogP contribution in [0, 0.1) is 5.92 Å². The van der Waals surface area contributed by atoms with Crippen LogP contribution < -0.4 is 5.32 Å². The number of carboxylic acid groups (broad SMARTS) is 1. The summed E-state index contributed by atoms with van der Waals surface area (Å²) in [6.45, 7) is 0.388. The van der Waals surface area contributed by atoms with E-state index in [-0.39, 0.29) is 11.9 Å². The van der Waals surface area contributed by atoms with Gasteiger partial charge in [0.2, 0.25) is 5.91 Å². The molecule has 1 aliphatic carbocycles. The molecule has 2 fully saturated rings. The molecule has 2 aliphatic rings. The van der Waals surface area contributed by atoms with Crippen molar-refractivity contribution >= 4 is 18.0 Å². The normalized spacial score (nSPS) is 22.5. The van der Waals surface area contributed by atoms with Gasteiger partial charge in [0.25, 0.3) is 0 Å². The van der Waals surface area contributed by atoms with E-state index < -0.39 is 18.1 Å². The van der Waals surface area contributed by atoms with Crippen LogP contribution >= 0.6 is 0 Å². The second-order valence-electron chi connectivity index (χ2n) is 5.46. The summed E-state index contributed by atoms with van der Waals surface area (Å²) >= 11 is 0. The van der Waals surface area contributed by atoms with Crippen LogP contribution in [-0.2, 0) is 14.3 Å². The molecule has 1 saturated heterocycles. The monoisotopic (exact) mass is 296 g/mol. The Kier molecular flexibility index (Phi) is 4.82. The molecule has 0 aromatic rings. The van der Waals surface area contributed by atoms with E-state index in [0.717, 1.165) is 24.2 Å². The first-order chi connectivity index (χ1) is 10.0. The SMILES string of the molecule is COC(=O)C=C[C@H](CC1CC1)NC(=O)[C@@H]1CCN1C(=O)O. The highest BCUT2D eigenvalue weighted by molar-refractivity contribution is 5.87. The first-order valence-electron chi connectivity index (χ1n) is 7.07. The molecule has 0 radical (unpaired) electrons. The van der Waals surface area contributed by atoms with Gasteiger partial charge >= 0.3 is 12.1 Å². The Balaban J connectivity index is 1.91. The van der Waals surface area contributed by atoms with Crippen LogP contribution in [0.2, 0.25) is 0 Å². The quantitative estimate of drug-likeness (QED) is 0.557. The second kappa shape index (κ2) is 6.60. The van der Waals surface area contributed by atoms with Crippen LogP contribution in [0.15, 0.2) is 12.2 Å². The van der Waals surface area contributed by atoms with Gasteiger partial charge in [-0.2, -0.15) is 0 Å².